The van der Waals surface area contributed by atoms with Gasteiger partial charge in [-0.05, 0) is 49.7 Å². The molecule has 2 heterocycles. The number of nitrogens with zero attached hydrogens (tertiary/aromatic N) is 2. The second kappa shape index (κ2) is 8.87. The first-order valence-corrected chi connectivity index (χ1v) is 10.5. The number of pyridine rings is 1. The highest BCUT2D eigenvalue weighted by Gasteiger charge is 2.30. The molecule has 0 saturated carbocycles. The summed E-state index contributed by atoms with van der Waals surface area (Å²) in [6.07, 6.45) is 1.32. The van der Waals surface area contributed by atoms with Crippen molar-refractivity contribution in [3.05, 3.63) is 48.2 Å². The van der Waals surface area contributed by atoms with E-state index in [2.05, 4.69) is 9.71 Å². The molecule has 1 aliphatic rings. The van der Waals surface area contributed by atoms with Crippen LogP contribution in [0.3, 0.4) is 0 Å². The van der Waals surface area contributed by atoms with Gasteiger partial charge in [-0.2, -0.15) is 17.4 Å². The lowest BCUT2D eigenvalue weighted by Crippen LogP contribution is -2.51. The summed E-state index contributed by atoms with van der Waals surface area (Å²) < 4.78 is 45.7. The fraction of sp³-hybridized carbons (Fsp3) is 0.421. The summed E-state index contributed by atoms with van der Waals surface area (Å²) in [5.74, 6) is 1.73. The Morgan fingerprint density at radius 3 is 2.43 bits per heavy atom. The largest absolute Gasteiger partial charge is 0.497 e. The molecular formula is C19H25N3O5S. The van der Waals surface area contributed by atoms with Crippen molar-refractivity contribution < 1.29 is 22.6 Å². The number of morpholine rings is 1. The fourth-order valence-electron chi connectivity index (χ4n) is 2.97. The molecule has 1 aliphatic heterocycles. The van der Waals surface area contributed by atoms with Crippen molar-refractivity contribution in [2.24, 2.45) is 0 Å². The maximum absolute atomic E-state index is 12.6. The summed E-state index contributed by atoms with van der Waals surface area (Å²) >= 11 is 0. The van der Waals surface area contributed by atoms with Crippen LogP contribution in [0.1, 0.15) is 19.4 Å². The third kappa shape index (κ3) is 5.41. The predicted molar refractivity (Wildman–Crippen MR) is 105 cm³/mol. The van der Waals surface area contributed by atoms with Gasteiger partial charge in [0.1, 0.15) is 11.5 Å². The highest BCUT2D eigenvalue weighted by molar-refractivity contribution is 7.87. The normalized spacial score (nSPS) is 20.7. The van der Waals surface area contributed by atoms with Crippen LogP contribution in [-0.4, -0.2) is 50.1 Å². The molecule has 1 aromatic heterocycles. The number of benzene rings is 1. The highest BCUT2D eigenvalue weighted by Crippen LogP contribution is 2.23. The zero-order valence-electron chi connectivity index (χ0n) is 16.2. The molecule has 1 saturated heterocycles. The maximum Gasteiger partial charge on any atom is 0.279 e. The minimum absolute atomic E-state index is 0.134. The first-order chi connectivity index (χ1) is 13.4. The van der Waals surface area contributed by atoms with Gasteiger partial charge in [-0.15, -0.1) is 0 Å². The predicted octanol–water partition coefficient (Wildman–Crippen LogP) is 2.33. The molecule has 152 valence electrons. The van der Waals surface area contributed by atoms with Crippen molar-refractivity contribution in [2.45, 2.75) is 32.6 Å². The molecule has 0 bridgehead atoms. The van der Waals surface area contributed by atoms with E-state index in [9.17, 15) is 8.42 Å². The van der Waals surface area contributed by atoms with Crippen LogP contribution < -0.4 is 14.2 Å². The molecule has 1 N–H and O–H groups in total. The van der Waals surface area contributed by atoms with E-state index >= 15 is 0 Å². The highest BCUT2D eigenvalue weighted by atomic mass is 32.2. The van der Waals surface area contributed by atoms with E-state index < -0.39 is 10.2 Å². The van der Waals surface area contributed by atoms with Crippen LogP contribution in [0.5, 0.6) is 17.4 Å². The van der Waals surface area contributed by atoms with Crippen molar-refractivity contribution in [3.63, 3.8) is 0 Å². The Bertz CT molecular complexity index is 879. The molecule has 3 rings (SSSR count). The minimum Gasteiger partial charge on any atom is -0.497 e. The number of methoxy groups -OCH3 is 1. The fourth-order valence-corrected chi connectivity index (χ4v) is 4.32. The van der Waals surface area contributed by atoms with Gasteiger partial charge in [0, 0.05) is 31.9 Å². The maximum atomic E-state index is 12.6. The summed E-state index contributed by atoms with van der Waals surface area (Å²) in [6, 6.07) is 10.6. The zero-order valence-corrected chi connectivity index (χ0v) is 17.0. The molecule has 0 amide bonds. The number of hydrogen-bond donors (Lipinski definition) is 1. The van der Waals surface area contributed by atoms with Gasteiger partial charge in [0.2, 0.25) is 5.88 Å². The van der Waals surface area contributed by atoms with E-state index in [-0.39, 0.29) is 18.8 Å². The van der Waals surface area contributed by atoms with Crippen LogP contribution in [0.15, 0.2) is 42.6 Å². The van der Waals surface area contributed by atoms with Gasteiger partial charge < -0.3 is 14.2 Å². The van der Waals surface area contributed by atoms with E-state index in [0.717, 1.165) is 11.3 Å². The summed E-state index contributed by atoms with van der Waals surface area (Å²) in [5.41, 5.74) is 0.747. The van der Waals surface area contributed by atoms with E-state index in [1.807, 2.05) is 13.8 Å². The molecule has 1 aromatic carbocycles. The average molecular weight is 407 g/mol. The Labute approximate surface area is 165 Å². The lowest BCUT2D eigenvalue weighted by molar-refractivity contribution is -0.0444. The lowest BCUT2D eigenvalue weighted by atomic mass is 10.3. The molecule has 0 aliphatic carbocycles. The lowest BCUT2D eigenvalue weighted by Gasteiger charge is -2.34. The van der Waals surface area contributed by atoms with Crippen molar-refractivity contribution in [1.82, 2.24) is 14.0 Å². The Morgan fingerprint density at radius 2 is 1.79 bits per heavy atom. The SMILES string of the molecule is COc1ccc(Oc2cc(CNS(=O)(=O)N3C[C@@H](C)O[C@@H](C)C3)ccn2)cc1. The second-order valence-electron chi connectivity index (χ2n) is 6.68. The van der Waals surface area contributed by atoms with E-state index in [0.29, 0.717) is 24.7 Å². The first-order valence-electron chi connectivity index (χ1n) is 9.03. The van der Waals surface area contributed by atoms with Gasteiger partial charge in [0.25, 0.3) is 10.2 Å². The number of ether oxygens (including phenoxy) is 3. The van der Waals surface area contributed by atoms with Crippen LogP contribution in [0.25, 0.3) is 0 Å². The van der Waals surface area contributed by atoms with Gasteiger partial charge in [-0.1, -0.05) is 0 Å². The number of hydrogen-bond acceptors (Lipinski definition) is 6. The van der Waals surface area contributed by atoms with Crippen molar-refractivity contribution in [3.8, 4) is 17.4 Å². The third-order valence-corrected chi connectivity index (χ3v) is 5.75. The molecule has 9 heteroatoms. The summed E-state index contributed by atoms with van der Waals surface area (Å²) in [6.45, 7) is 4.54. The van der Waals surface area contributed by atoms with Crippen molar-refractivity contribution in [2.75, 3.05) is 20.2 Å². The average Bonchev–Trinajstić information content (AvgIpc) is 2.67. The molecule has 1 fully saturated rings. The van der Waals surface area contributed by atoms with E-state index in [1.165, 1.54) is 4.31 Å². The number of nitrogens with one attached hydrogen (secondary N) is 1. The monoisotopic (exact) mass is 407 g/mol. The van der Waals surface area contributed by atoms with Gasteiger partial charge in [0.15, 0.2) is 0 Å². The standard InChI is InChI=1S/C19H25N3O5S/c1-14-12-22(13-15(2)26-14)28(23,24)21-11-16-8-9-20-19(10-16)27-18-6-4-17(25-3)5-7-18/h4-10,14-15,21H,11-13H2,1-3H3/t14-,15+. The molecule has 28 heavy (non-hydrogen) atoms. The third-order valence-electron chi connectivity index (χ3n) is 4.27. The number of rotatable bonds is 7. The summed E-state index contributed by atoms with van der Waals surface area (Å²) in [5, 5.41) is 0. The van der Waals surface area contributed by atoms with Crippen LogP contribution in [0.2, 0.25) is 0 Å². The van der Waals surface area contributed by atoms with E-state index in [4.69, 9.17) is 14.2 Å². The molecular weight excluding hydrogens is 382 g/mol. The summed E-state index contributed by atoms with van der Waals surface area (Å²) in [7, 11) is -2.00. The minimum atomic E-state index is -3.60. The Kier molecular flexibility index (Phi) is 6.50. The first kappa shape index (κ1) is 20.5. The summed E-state index contributed by atoms with van der Waals surface area (Å²) in [4.78, 5) is 4.17. The molecule has 2 atom stereocenters. The quantitative estimate of drug-likeness (QED) is 0.758. The molecule has 8 nitrogen and oxygen atoms in total. The van der Waals surface area contributed by atoms with Crippen LogP contribution in [-0.2, 0) is 21.5 Å². The topological polar surface area (TPSA) is 90.0 Å². The van der Waals surface area contributed by atoms with Crippen molar-refractivity contribution >= 4 is 10.2 Å². The van der Waals surface area contributed by atoms with Crippen LogP contribution in [0.4, 0.5) is 0 Å². The molecule has 0 radical (unpaired) electrons. The molecule has 0 spiro atoms. The van der Waals surface area contributed by atoms with Crippen LogP contribution >= 0.6 is 0 Å². The van der Waals surface area contributed by atoms with Gasteiger partial charge >= 0.3 is 0 Å². The Morgan fingerprint density at radius 1 is 1.14 bits per heavy atom. The van der Waals surface area contributed by atoms with E-state index in [1.54, 1.807) is 49.7 Å². The smallest absolute Gasteiger partial charge is 0.279 e. The zero-order chi connectivity index (χ0) is 20.1. The van der Waals surface area contributed by atoms with Crippen molar-refractivity contribution in [1.29, 1.82) is 0 Å². The van der Waals surface area contributed by atoms with Gasteiger partial charge in [-0.3, -0.25) is 0 Å². The van der Waals surface area contributed by atoms with Gasteiger partial charge in [0.05, 0.1) is 19.3 Å². The number of aromatic nitrogens is 1. The molecule has 2 aromatic rings. The Balaban J connectivity index is 1.62. The van der Waals surface area contributed by atoms with Gasteiger partial charge in [-0.25, -0.2) is 4.98 Å². The van der Waals surface area contributed by atoms with Crippen LogP contribution in [0, 0.1) is 0 Å². The Hall–Kier alpha value is -2.20. The molecule has 0 unspecified atom stereocenters. The second-order valence-corrected chi connectivity index (χ2v) is 8.44.